The maximum Gasteiger partial charge on any atom is 0.433 e. The number of thiazole rings is 1. The van der Waals surface area contributed by atoms with Gasteiger partial charge in [0.05, 0.1) is 17.4 Å². The van der Waals surface area contributed by atoms with Gasteiger partial charge in [0.1, 0.15) is 16.3 Å². The second kappa shape index (κ2) is 10.1. The fourth-order valence-corrected chi connectivity index (χ4v) is 5.45. The van der Waals surface area contributed by atoms with Crippen LogP contribution in [0.4, 0.5) is 24.8 Å². The molecule has 0 bridgehead atoms. The number of nitrogens with zero attached hydrogens (tertiary/aromatic N) is 3. The van der Waals surface area contributed by atoms with Crippen molar-refractivity contribution in [2.75, 3.05) is 5.32 Å². The van der Waals surface area contributed by atoms with E-state index in [-0.39, 0.29) is 18.5 Å². The van der Waals surface area contributed by atoms with E-state index in [1.54, 1.807) is 31.3 Å². The van der Waals surface area contributed by atoms with Gasteiger partial charge in [-0.05, 0) is 73.9 Å². The minimum absolute atomic E-state index is 0.133. The third-order valence-electron chi connectivity index (χ3n) is 6.47. The van der Waals surface area contributed by atoms with E-state index in [4.69, 9.17) is 0 Å². The third kappa shape index (κ3) is 5.66. The van der Waals surface area contributed by atoms with E-state index in [0.717, 1.165) is 12.3 Å². The van der Waals surface area contributed by atoms with Gasteiger partial charge in [-0.25, -0.2) is 15.0 Å². The van der Waals surface area contributed by atoms with E-state index in [2.05, 4.69) is 20.3 Å². The Morgan fingerprint density at radius 2 is 1.89 bits per heavy atom. The van der Waals surface area contributed by atoms with Crippen LogP contribution in [0.5, 0.6) is 0 Å². The van der Waals surface area contributed by atoms with Gasteiger partial charge in [-0.2, -0.15) is 13.2 Å². The Morgan fingerprint density at radius 1 is 1.17 bits per heavy atom. The van der Waals surface area contributed by atoms with Crippen LogP contribution in [0.2, 0.25) is 0 Å². The van der Waals surface area contributed by atoms with Crippen LogP contribution in [-0.4, -0.2) is 36.2 Å². The molecule has 3 aromatic rings. The molecule has 4 rings (SSSR count). The number of carbonyl (C=O) groups is 1. The molecular formula is C24H25F3N4O4S. The number of nitrogens with one attached hydrogen (secondary N) is 1. The molecule has 1 fully saturated rings. The number of rotatable bonds is 7. The van der Waals surface area contributed by atoms with E-state index in [0.29, 0.717) is 52.4 Å². The molecule has 1 atom stereocenters. The van der Waals surface area contributed by atoms with Crippen molar-refractivity contribution in [2.24, 2.45) is 11.8 Å². The van der Waals surface area contributed by atoms with Crippen molar-refractivity contribution in [3.63, 3.8) is 0 Å². The number of aliphatic hydroxyl groups excluding tert-OH is 1. The van der Waals surface area contributed by atoms with E-state index in [1.807, 2.05) is 0 Å². The summed E-state index contributed by atoms with van der Waals surface area (Å²) in [5.74, 6) is -1.58. The highest BCUT2D eigenvalue weighted by Crippen LogP contribution is 2.43. The van der Waals surface area contributed by atoms with Gasteiger partial charge in [0.15, 0.2) is 0 Å². The van der Waals surface area contributed by atoms with Crippen LogP contribution in [0, 0.1) is 11.8 Å². The van der Waals surface area contributed by atoms with Crippen LogP contribution >= 0.6 is 11.3 Å². The Labute approximate surface area is 208 Å². The van der Waals surface area contributed by atoms with Gasteiger partial charge in [0, 0.05) is 18.1 Å². The molecule has 2 heterocycles. The predicted molar refractivity (Wildman–Crippen MR) is 126 cm³/mol. The van der Waals surface area contributed by atoms with Crippen molar-refractivity contribution >= 4 is 28.9 Å². The SMILES string of the molecule is CC(O)(c1ncc(-c2cc(CO)cc(Nc3nccc(C(F)(F)F)n3)c2)s1)C1CCC(C(=O)O)CC1. The summed E-state index contributed by atoms with van der Waals surface area (Å²) in [6.07, 6.45) is 0.141. The summed E-state index contributed by atoms with van der Waals surface area (Å²) in [6.45, 7) is 1.38. The van der Waals surface area contributed by atoms with Gasteiger partial charge in [-0.1, -0.05) is 0 Å². The van der Waals surface area contributed by atoms with Crippen LogP contribution in [0.3, 0.4) is 0 Å². The number of aromatic nitrogens is 3. The van der Waals surface area contributed by atoms with Gasteiger partial charge in [0.25, 0.3) is 0 Å². The number of hydrogen-bond donors (Lipinski definition) is 4. The summed E-state index contributed by atoms with van der Waals surface area (Å²) in [7, 11) is 0. The first kappa shape index (κ1) is 26.0. The maximum absolute atomic E-state index is 13.0. The van der Waals surface area contributed by atoms with E-state index < -0.39 is 29.4 Å². The van der Waals surface area contributed by atoms with Crippen molar-refractivity contribution in [1.82, 2.24) is 15.0 Å². The normalized spacial score (nSPS) is 20.1. The first-order valence-electron chi connectivity index (χ1n) is 11.3. The molecule has 1 aliphatic rings. The molecule has 1 aliphatic carbocycles. The molecule has 36 heavy (non-hydrogen) atoms. The Bertz CT molecular complexity index is 1240. The minimum Gasteiger partial charge on any atom is -0.481 e. The van der Waals surface area contributed by atoms with Gasteiger partial charge in [0.2, 0.25) is 5.95 Å². The summed E-state index contributed by atoms with van der Waals surface area (Å²) in [5.41, 5.74) is -0.788. The molecular weight excluding hydrogens is 497 g/mol. The maximum atomic E-state index is 13.0. The predicted octanol–water partition coefficient (Wildman–Crippen LogP) is 4.95. The Kier molecular flexibility index (Phi) is 7.30. The van der Waals surface area contributed by atoms with Crippen molar-refractivity contribution in [3.8, 4) is 10.4 Å². The smallest absolute Gasteiger partial charge is 0.433 e. The highest BCUT2D eigenvalue weighted by molar-refractivity contribution is 7.15. The summed E-state index contributed by atoms with van der Waals surface area (Å²) in [4.78, 5) is 23.7. The van der Waals surface area contributed by atoms with Crippen LogP contribution in [0.1, 0.15) is 48.9 Å². The van der Waals surface area contributed by atoms with Crippen molar-refractivity contribution in [3.05, 3.63) is 52.9 Å². The zero-order valence-corrected chi connectivity index (χ0v) is 20.1. The lowest BCUT2D eigenvalue weighted by atomic mass is 9.74. The Morgan fingerprint density at radius 3 is 2.53 bits per heavy atom. The number of benzene rings is 1. The molecule has 1 unspecified atom stereocenters. The summed E-state index contributed by atoms with van der Waals surface area (Å²) in [5, 5.41) is 33.5. The molecule has 2 aromatic heterocycles. The number of halogens is 3. The zero-order valence-electron chi connectivity index (χ0n) is 19.3. The van der Waals surface area contributed by atoms with E-state index >= 15 is 0 Å². The van der Waals surface area contributed by atoms with Crippen LogP contribution in [0.25, 0.3) is 10.4 Å². The Balaban J connectivity index is 1.57. The molecule has 1 aromatic carbocycles. The second-order valence-corrected chi connectivity index (χ2v) is 10.1. The van der Waals surface area contributed by atoms with Gasteiger partial charge < -0.3 is 20.6 Å². The summed E-state index contributed by atoms with van der Waals surface area (Å²) >= 11 is 1.27. The van der Waals surface area contributed by atoms with Gasteiger partial charge >= 0.3 is 12.1 Å². The van der Waals surface area contributed by atoms with Crippen molar-refractivity contribution in [1.29, 1.82) is 0 Å². The number of hydrogen-bond acceptors (Lipinski definition) is 8. The first-order chi connectivity index (χ1) is 17.0. The molecule has 0 aliphatic heterocycles. The quantitative estimate of drug-likeness (QED) is 0.343. The van der Waals surface area contributed by atoms with Crippen LogP contribution in [-0.2, 0) is 23.2 Å². The lowest BCUT2D eigenvalue weighted by Gasteiger charge is -2.35. The fourth-order valence-electron chi connectivity index (χ4n) is 4.42. The lowest BCUT2D eigenvalue weighted by Crippen LogP contribution is -2.35. The number of aliphatic carboxylic acids is 1. The van der Waals surface area contributed by atoms with Gasteiger partial charge in [-0.15, -0.1) is 11.3 Å². The molecule has 0 amide bonds. The number of carboxylic acids is 1. The standard InChI is InChI=1S/C24H25F3N4O4S/c1-23(35,16-4-2-14(3-5-16)20(33)34)21-29-11-18(36-21)15-8-13(12-32)9-17(10-15)30-22-28-7-6-19(31-22)24(25,26)27/h6-11,14,16,32,35H,2-5,12H2,1H3,(H,33,34)(H,28,30,31). The van der Waals surface area contributed by atoms with Gasteiger partial charge in [-0.3, -0.25) is 4.79 Å². The number of alkyl halides is 3. The summed E-state index contributed by atoms with van der Waals surface area (Å²) < 4.78 is 39.0. The average molecular weight is 523 g/mol. The van der Waals surface area contributed by atoms with Crippen LogP contribution < -0.4 is 5.32 Å². The molecule has 192 valence electrons. The monoisotopic (exact) mass is 522 g/mol. The fraction of sp³-hybridized carbons (Fsp3) is 0.417. The zero-order chi connectivity index (χ0) is 26.1. The molecule has 0 radical (unpaired) electrons. The number of carboxylic acid groups (broad SMARTS) is 1. The summed E-state index contributed by atoms with van der Waals surface area (Å²) in [6, 6.07) is 5.75. The van der Waals surface area contributed by atoms with Crippen molar-refractivity contribution in [2.45, 2.75) is 51.0 Å². The molecule has 1 saturated carbocycles. The highest BCUT2D eigenvalue weighted by atomic mass is 32.1. The minimum atomic E-state index is -4.61. The van der Waals surface area contributed by atoms with E-state index in [1.165, 1.54) is 11.3 Å². The molecule has 8 nitrogen and oxygen atoms in total. The molecule has 4 N–H and O–H groups in total. The second-order valence-electron chi connectivity index (χ2n) is 9.03. The third-order valence-corrected chi connectivity index (χ3v) is 7.75. The average Bonchev–Trinajstić information content (AvgIpc) is 3.35. The number of aliphatic hydroxyl groups is 2. The lowest BCUT2D eigenvalue weighted by molar-refractivity contribution is -0.144. The molecule has 12 heteroatoms. The van der Waals surface area contributed by atoms with E-state index in [9.17, 15) is 33.3 Å². The van der Waals surface area contributed by atoms with Crippen molar-refractivity contribution < 1.29 is 33.3 Å². The first-order valence-corrected chi connectivity index (χ1v) is 12.1. The van der Waals surface area contributed by atoms with Crippen LogP contribution in [0.15, 0.2) is 36.7 Å². The molecule has 0 spiro atoms. The Hall–Kier alpha value is -3.09. The number of anilines is 2. The molecule has 0 saturated heterocycles. The highest BCUT2D eigenvalue weighted by Gasteiger charge is 2.40. The largest absolute Gasteiger partial charge is 0.481 e. The topological polar surface area (TPSA) is 128 Å².